The number of aromatic nitrogens is 3. The van der Waals surface area contributed by atoms with Crippen molar-refractivity contribution in [1.82, 2.24) is 20.3 Å². The van der Waals surface area contributed by atoms with Gasteiger partial charge in [-0.3, -0.25) is 9.78 Å². The number of amides is 1. The van der Waals surface area contributed by atoms with Crippen LogP contribution in [0, 0.1) is 0 Å². The van der Waals surface area contributed by atoms with E-state index >= 15 is 0 Å². The second kappa shape index (κ2) is 8.08. The fourth-order valence-electron chi connectivity index (χ4n) is 3.95. The molecule has 4 heterocycles. The van der Waals surface area contributed by atoms with Crippen LogP contribution in [0.5, 0.6) is 0 Å². The molecule has 2 aliphatic heterocycles. The second-order valence-electron chi connectivity index (χ2n) is 7.45. The number of nitrogens with one attached hydrogen (secondary N) is 2. The molecular formula is C22H23N7O. The number of hydrogen-bond donors (Lipinski definition) is 2. The molecule has 2 aromatic heterocycles. The van der Waals surface area contributed by atoms with Gasteiger partial charge in [-0.05, 0) is 23.3 Å². The quantitative estimate of drug-likeness (QED) is 0.692. The van der Waals surface area contributed by atoms with Crippen LogP contribution in [0.2, 0.25) is 0 Å². The molecular weight excluding hydrogens is 378 g/mol. The topological polar surface area (TPSA) is 86.3 Å². The Morgan fingerprint density at radius 1 is 0.967 bits per heavy atom. The summed E-state index contributed by atoms with van der Waals surface area (Å²) in [6.07, 6.45) is 5.08. The van der Waals surface area contributed by atoms with Crippen molar-refractivity contribution in [1.29, 1.82) is 0 Å². The minimum Gasteiger partial charge on any atom is -0.367 e. The van der Waals surface area contributed by atoms with Crippen LogP contribution in [-0.4, -0.2) is 47.0 Å². The van der Waals surface area contributed by atoms with Gasteiger partial charge < -0.3 is 20.4 Å². The number of rotatable bonds is 4. The summed E-state index contributed by atoms with van der Waals surface area (Å²) in [5.41, 5.74) is 4.55. The van der Waals surface area contributed by atoms with Gasteiger partial charge in [0.25, 0.3) is 5.91 Å². The number of nitrogens with zero attached hydrogens (tertiary/aromatic N) is 5. The van der Waals surface area contributed by atoms with E-state index in [0.29, 0.717) is 17.3 Å². The Bertz CT molecular complexity index is 1040. The number of fused-ring (bicyclic) bond motifs is 1. The van der Waals surface area contributed by atoms with Crippen LogP contribution in [0.15, 0.2) is 55.0 Å². The average molecular weight is 401 g/mol. The lowest BCUT2D eigenvalue weighted by molar-refractivity contribution is 0.102. The highest BCUT2D eigenvalue weighted by Gasteiger charge is 2.22. The first kappa shape index (κ1) is 18.5. The molecule has 0 spiro atoms. The largest absolute Gasteiger partial charge is 0.367 e. The molecule has 0 unspecified atom stereocenters. The molecule has 152 valence electrons. The summed E-state index contributed by atoms with van der Waals surface area (Å²) in [6, 6.07) is 11.9. The molecule has 0 bridgehead atoms. The van der Waals surface area contributed by atoms with E-state index in [2.05, 4.69) is 47.5 Å². The summed E-state index contributed by atoms with van der Waals surface area (Å²) in [5, 5.41) is 6.33. The molecule has 0 saturated carbocycles. The first-order valence-corrected chi connectivity index (χ1v) is 10.1. The Morgan fingerprint density at radius 3 is 2.50 bits per heavy atom. The van der Waals surface area contributed by atoms with E-state index in [9.17, 15) is 4.79 Å². The zero-order valence-electron chi connectivity index (χ0n) is 16.6. The van der Waals surface area contributed by atoms with Crippen molar-refractivity contribution in [2.75, 3.05) is 41.3 Å². The predicted octanol–water partition coefficient (Wildman–Crippen LogP) is 2.05. The van der Waals surface area contributed by atoms with E-state index in [1.807, 2.05) is 18.2 Å². The number of anilines is 3. The van der Waals surface area contributed by atoms with Crippen molar-refractivity contribution < 1.29 is 4.79 Å². The Labute approximate surface area is 175 Å². The third-order valence-electron chi connectivity index (χ3n) is 5.50. The highest BCUT2D eigenvalue weighted by molar-refractivity contribution is 6.04. The van der Waals surface area contributed by atoms with Crippen LogP contribution in [0.25, 0.3) is 0 Å². The molecule has 8 heteroatoms. The minimum absolute atomic E-state index is 0.264. The number of pyridine rings is 1. The summed E-state index contributed by atoms with van der Waals surface area (Å²) < 4.78 is 0. The minimum atomic E-state index is -0.264. The van der Waals surface area contributed by atoms with E-state index in [1.165, 1.54) is 11.1 Å². The maximum Gasteiger partial charge on any atom is 0.274 e. The zero-order chi connectivity index (χ0) is 20.3. The number of carbonyl (C=O) groups excluding carboxylic acids is 1. The van der Waals surface area contributed by atoms with Gasteiger partial charge in [0.2, 0.25) is 5.95 Å². The molecule has 2 aliphatic rings. The second-order valence-corrected chi connectivity index (χ2v) is 7.45. The lowest BCUT2D eigenvalue weighted by Crippen LogP contribution is -2.43. The third kappa shape index (κ3) is 3.69. The molecule has 2 N–H and O–H groups in total. The van der Waals surface area contributed by atoms with Crippen molar-refractivity contribution in [3.63, 3.8) is 0 Å². The number of benzene rings is 1. The monoisotopic (exact) mass is 401 g/mol. The summed E-state index contributed by atoms with van der Waals surface area (Å²) >= 11 is 0. The van der Waals surface area contributed by atoms with E-state index in [1.54, 1.807) is 24.7 Å². The molecule has 8 nitrogen and oxygen atoms in total. The Hall–Kier alpha value is -3.52. The highest BCUT2D eigenvalue weighted by Crippen LogP contribution is 2.27. The Morgan fingerprint density at radius 2 is 1.73 bits per heavy atom. The smallest absolute Gasteiger partial charge is 0.274 e. The maximum absolute atomic E-state index is 13.0. The van der Waals surface area contributed by atoms with Crippen LogP contribution < -0.4 is 20.4 Å². The summed E-state index contributed by atoms with van der Waals surface area (Å²) in [4.78, 5) is 30.4. The van der Waals surface area contributed by atoms with Crippen molar-refractivity contribution in [2.45, 2.75) is 13.1 Å². The van der Waals surface area contributed by atoms with Gasteiger partial charge in [-0.2, -0.15) is 0 Å². The fraction of sp³-hybridized carbons (Fsp3) is 0.273. The summed E-state index contributed by atoms with van der Waals surface area (Å²) in [6.45, 7) is 5.11. The lowest BCUT2D eigenvalue weighted by atomic mass is 10.1. The van der Waals surface area contributed by atoms with E-state index < -0.39 is 0 Å². The Balaban J connectivity index is 1.34. The van der Waals surface area contributed by atoms with Crippen molar-refractivity contribution >= 4 is 23.2 Å². The van der Waals surface area contributed by atoms with Crippen LogP contribution in [0.1, 0.15) is 21.6 Å². The molecule has 1 amide bonds. The molecule has 1 fully saturated rings. The van der Waals surface area contributed by atoms with E-state index in [0.717, 1.165) is 45.0 Å². The van der Waals surface area contributed by atoms with Crippen LogP contribution >= 0.6 is 0 Å². The summed E-state index contributed by atoms with van der Waals surface area (Å²) in [7, 11) is 0. The standard InChI is InChI=1S/C22H23N7O/c30-21(26-19-13-24-7-6-20(19)28-11-9-23-10-12-28)18-5-8-25-22(27-18)29-14-16-3-1-2-4-17(16)15-29/h1-8,13,23H,9-12,14-15H2,(H,26,30). The highest BCUT2D eigenvalue weighted by atomic mass is 16.1. The van der Waals surface area contributed by atoms with Gasteiger partial charge in [0.15, 0.2) is 0 Å². The molecule has 0 aliphatic carbocycles. The van der Waals surface area contributed by atoms with Gasteiger partial charge >= 0.3 is 0 Å². The van der Waals surface area contributed by atoms with Crippen LogP contribution in [0.3, 0.4) is 0 Å². The maximum atomic E-state index is 13.0. The molecule has 3 aromatic rings. The molecule has 1 saturated heterocycles. The van der Waals surface area contributed by atoms with Gasteiger partial charge in [-0.1, -0.05) is 24.3 Å². The first-order valence-electron chi connectivity index (χ1n) is 10.1. The van der Waals surface area contributed by atoms with Crippen molar-refractivity contribution in [3.8, 4) is 0 Å². The average Bonchev–Trinajstić information content (AvgIpc) is 3.25. The van der Waals surface area contributed by atoms with Crippen LogP contribution in [-0.2, 0) is 13.1 Å². The molecule has 30 heavy (non-hydrogen) atoms. The van der Waals surface area contributed by atoms with Gasteiger partial charge in [0.1, 0.15) is 5.69 Å². The predicted molar refractivity (Wildman–Crippen MR) is 116 cm³/mol. The Kier molecular flexibility index (Phi) is 4.98. The molecule has 0 atom stereocenters. The van der Waals surface area contributed by atoms with E-state index in [-0.39, 0.29) is 5.91 Å². The van der Waals surface area contributed by atoms with Gasteiger partial charge in [-0.15, -0.1) is 0 Å². The zero-order valence-corrected chi connectivity index (χ0v) is 16.6. The van der Waals surface area contributed by atoms with Gasteiger partial charge in [0.05, 0.1) is 17.6 Å². The molecule has 0 radical (unpaired) electrons. The number of carbonyl (C=O) groups is 1. The SMILES string of the molecule is O=C(Nc1cnccc1N1CCNCC1)c1ccnc(N2Cc3ccccc3C2)n1. The normalized spacial score (nSPS) is 15.7. The first-order chi connectivity index (χ1) is 14.8. The fourth-order valence-corrected chi connectivity index (χ4v) is 3.95. The molecule has 1 aromatic carbocycles. The number of hydrogen-bond acceptors (Lipinski definition) is 7. The van der Waals surface area contributed by atoms with Crippen molar-refractivity contribution in [3.05, 3.63) is 71.8 Å². The van der Waals surface area contributed by atoms with Crippen LogP contribution in [0.4, 0.5) is 17.3 Å². The van der Waals surface area contributed by atoms with E-state index in [4.69, 9.17) is 0 Å². The molecule has 5 rings (SSSR count). The van der Waals surface area contributed by atoms with Crippen molar-refractivity contribution in [2.24, 2.45) is 0 Å². The summed E-state index contributed by atoms with van der Waals surface area (Å²) in [5.74, 6) is 0.298. The van der Waals surface area contributed by atoms with Gasteiger partial charge in [-0.25, -0.2) is 9.97 Å². The number of piperazine rings is 1. The lowest BCUT2D eigenvalue weighted by Gasteiger charge is -2.30. The van der Waals surface area contributed by atoms with Gasteiger partial charge in [0, 0.05) is 51.7 Å². The third-order valence-corrected chi connectivity index (χ3v) is 5.50.